The lowest BCUT2D eigenvalue weighted by molar-refractivity contribution is -0.134. The Bertz CT molecular complexity index is 918. The summed E-state index contributed by atoms with van der Waals surface area (Å²) < 4.78 is 5.31. The molecule has 2 aliphatic rings. The third kappa shape index (κ3) is 6.67. The molecule has 0 spiro atoms. The molecule has 0 saturated carbocycles. The van der Waals surface area contributed by atoms with Crippen molar-refractivity contribution in [3.8, 4) is 0 Å². The number of aliphatic hydroxyl groups is 1. The van der Waals surface area contributed by atoms with Crippen LogP contribution < -0.4 is 20.9 Å². The van der Waals surface area contributed by atoms with Gasteiger partial charge >= 0.3 is 6.09 Å². The standard InChI is InChI=1S/C23H32N4O6/c1-23(2,3)33-22(32)24-15-8-10-27(11-9-15)16-4-5-17(14(12-16)13-28)20(30)25-18-6-7-19(29)26-21(18)31/h4-5,12,15,18,28H,6-11,13H2,1-3H3,(H,24,32)(H,25,30)(H,26,29,31). The average molecular weight is 461 g/mol. The monoisotopic (exact) mass is 460 g/mol. The number of piperidine rings is 2. The van der Waals surface area contributed by atoms with Gasteiger partial charge in [0.15, 0.2) is 0 Å². The molecule has 0 bridgehead atoms. The molecule has 0 aromatic heterocycles. The molecule has 180 valence electrons. The summed E-state index contributed by atoms with van der Waals surface area (Å²) >= 11 is 0. The van der Waals surface area contributed by atoms with E-state index in [1.807, 2.05) is 20.8 Å². The third-order valence-corrected chi connectivity index (χ3v) is 5.63. The molecule has 10 nitrogen and oxygen atoms in total. The molecule has 3 rings (SSSR count). The van der Waals surface area contributed by atoms with Crippen molar-refractivity contribution >= 4 is 29.5 Å². The van der Waals surface area contributed by atoms with Crippen LogP contribution in [0, 0.1) is 0 Å². The van der Waals surface area contributed by atoms with Gasteiger partial charge in [-0.05, 0) is 63.8 Å². The Kier molecular flexibility index (Phi) is 7.57. The molecule has 1 atom stereocenters. The number of carbonyl (C=O) groups is 4. The van der Waals surface area contributed by atoms with Crippen LogP contribution in [-0.4, -0.2) is 59.7 Å². The molecule has 2 fully saturated rings. The first-order valence-corrected chi connectivity index (χ1v) is 11.2. The van der Waals surface area contributed by atoms with E-state index in [2.05, 4.69) is 20.9 Å². The summed E-state index contributed by atoms with van der Waals surface area (Å²) in [6, 6.07) is 4.44. The molecule has 33 heavy (non-hydrogen) atoms. The molecular formula is C23H32N4O6. The Hall–Kier alpha value is -3.14. The Labute approximate surface area is 193 Å². The van der Waals surface area contributed by atoms with Crippen molar-refractivity contribution in [2.24, 2.45) is 0 Å². The van der Waals surface area contributed by atoms with Gasteiger partial charge in [-0.25, -0.2) is 4.79 Å². The molecule has 4 N–H and O–H groups in total. The summed E-state index contributed by atoms with van der Waals surface area (Å²) in [4.78, 5) is 50.0. The number of nitrogens with zero attached hydrogens (tertiary/aromatic N) is 1. The van der Waals surface area contributed by atoms with Gasteiger partial charge in [-0.15, -0.1) is 0 Å². The van der Waals surface area contributed by atoms with Crippen LogP contribution in [-0.2, 0) is 20.9 Å². The molecule has 1 unspecified atom stereocenters. The molecule has 2 heterocycles. The highest BCUT2D eigenvalue weighted by Gasteiger charge is 2.29. The van der Waals surface area contributed by atoms with Gasteiger partial charge in [0.2, 0.25) is 11.8 Å². The highest BCUT2D eigenvalue weighted by molar-refractivity contribution is 6.04. The maximum absolute atomic E-state index is 12.7. The van der Waals surface area contributed by atoms with Crippen molar-refractivity contribution in [3.63, 3.8) is 0 Å². The smallest absolute Gasteiger partial charge is 0.407 e. The van der Waals surface area contributed by atoms with E-state index in [4.69, 9.17) is 4.74 Å². The summed E-state index contributed by atoms with van der Waals surface area (Å²) in [6.07, 6.45) is 1.47. The van der Waals surface area contributed by atoms with Gasteiger partial charge < -0.3 is 25.4 Å². The lowest BCUT2D eigenvalue weighted by atomic mass is 10.0. The summed E-state index contributed by atoms with van der Waals surface area (Å²) in [5, 5.41) is 17.6. The topological polar surface area (TPSA) is 137 Å². The van der Waals surface area contributed by atoms with Gasteiger partial charge in [0, 0.05) is 36.8 Å². The number of imide groups is 1. The molecule has 4 amide bonds. The zero-order valence-electron chi connectivity index (χ0n) is 19.3. The van der Waals surface area contributed by atoms with E-state index >= 15 is 0 Å². The second kappa shape index (κ2) is 10.2. The zero-order chi connectivity index (χ0) is 24.2. The second-order valence-corrected chi connectivity index (χ2v) is 9.38. The number of hydrogen-bond acceptors (Lipinski definition) is 7. The van der Waals surface area contributed by atoms with E-state index in [1.54, 1.807) is 18.2 Å². The van der Waals surface area contributed by atoms with Crippen LogP contribution in [0.15, 0.2) is 18.2 Å². The predicted octanol–water partition coefficient (Wildman–Crippen LogP) is 1.21. The van der Waals surface area contributed by atoms with Crippen LogP contribution >= 0.6 is 0 Å². The number of ether oxygens (including phenoxy) is 1. The van der Waals surface area contributed by atoms with E-state index < -0.39 is 29.6 Å². The van der Waals surface area contributed by atoms with Crippen LogP contribution in [0.3, 0.4) is 0 Å². The van der Waals surface area contributed by atoms with E-state index in [0.717, 1.165) is 18.5 Å². The highest BCUT2D eigenvalue weighted by Crippen LogP contribution is 2.24. The number of aliphatic hydroxyl groups excluding tert-OH is 1. The molecule has 2 aliphatic heterocycles. The number of benzene rings is 1. The summed E-state index contributed by atoms with van der Waals surface area (Å²) in [5.41, 5.74) is 1.06. The van der Waals surface area contributed by atoms with Gasteiger partial charge in [0.25, 0.3) is 5.91 Å². The Morgan fingerprint density at radius 1 is 1.15 bits per heavy atom. The lowest BCUT2D eigenvalue weighted by Gasteiger charge is -2.34. The first-order valence-electron chi connectivity index (χ1n) is 11.2. The number of hydrogen-bond donors (Lipinski definition) is 4. The summed E-state index contributed by atoms with van der Waals surface area (Å²) in [6.45, 7) is 6.54. The molecule has 1 aromatic carbocycles. The minimum Gasteiger partial charge on any atom is -0.444 e. The number of amides is 4. The van der Waals surface area contributed by atoms with Crippen LogP contribution in [0.4, 0.5) is 10.5 Å². The Balaban J connectivity index is 1.58. The Morgan fingerprint density at radius 2 is 1.85 bits per heavy atom. The molecule has 2 saturated heterocycles. The SMILES string of the molecule is CC(C)(C)OC(=O)NC1CCN(c2ccc(C(=O)NC3CCC(=O)NC3=O)c(CO)c2)CC1. The number of anilines is 1. The van der Waals surface area contributed by atoms with Crippen LogP contribution in [0.1, 0.15) is 62.4 Å². The van der Waals surface area contributed by atoms with Crippen molar-refractivity contribution in [3.05, 3.63) is 29.3 Å². The van der Waals surface area contributed by atoms with Crippen LogP contribution in [0.2, 0.25) is 0 Å². The largest absolute Gasteiger partial charge is 0.444 e. The quantitative estimate of drug-likeness (QED) is 0.485. The predicted molar refractivity (Wildman–Crippen MR) is 121 cm³/mol. The Morgan fingerprint density at radius 3 is 2.45 bits per heavy atom. The fraction of sp³-hybridized carbons (Fsp3) is 0.565. The maximum Gasteiger partial charge on any atom is 0.407 e. The van der Waals surface area contributed by atoms with E-state index in [9.17, 15) is 24.3 Å². The van der Waals surface area contributed by atoms with Gasteiger partial charge in [-0.1, -0.05) is 0 Å². The normalized spacial score (nSPS) is 19.6. The summed E-state index contributed by atoms with van der Waals surface area (Å²) in [7, 11) is 0. The van der Waals surface area contributed by atoms with Crippen LogP contribution in [0.25, 0.3) is 0 Å². The molecule has 10 heteroatoms. The van der Waals surface area contributed by atoms with Crippen LogP contribution in [0.5, 0.6) is 0 Å². The van der Waals surface area contributed by atoms with Crippen molar-refractivity contribution in [2.75, 3.05) is 18.0 Å². The average Bonchev–Trinajstić information content (AvgIpc) is 2.74. The van der Waals surface area contributed by atoms with E-state index in [1.165, 1.54) is 0 Å². The van der Waals surface area contributed by atoms with Crippen molar-refractivity contribution in [1.82, 2.24) is 16.0 Å². The summed E-state index contributed by atoms with van der Waals surface area (Å²) in [5.74, 6) is -1.35. The van der Waals surface area contributed by atoms with Gasteiger partial charge in [0.1, 0.15) is 11.6 Å². The van der Waals surface area contributed by atoms with Gasteiger partial charge in [-0.3, -0.25) is 19.7 Å². The molecular weight excluding hydrogens is 428 g/mol. The van der Waals surface area contributed by atoms with E-state index in [-0.39, 0.29) is 37.0 Å². The first-order chi connectivity index (χ1) is 15.6. The highest BCUT2D eigenvalue weighted by atomic mass is 16.6. The maximum atomic E-state index is 12.7. The number of rotatable bonds is 5. The number of nitrogens with one attached hydrogen (secondary N) is 3. The van der Waals surface area contributed by atoms with Crippen molar-refractivity contribution in [2.45, 2.75) is 70.7 Å². The lowest BCUT2D eigenvalue weighted by Crippen LogP contribution is -2.52. The minimum absolute atomic E-state index is 0.0204. The van der Waals surface area contributed by atoms with Crippen molar-refractivity contribution in [1.29, 1.82) is 0 Å². The molecule has 0 aliphatic carbocycles. The first kappa shape index (κ1) is 24.5. The van der Waals surface area contributed by atoms with Gasteiger partial charge in [-0.2, -0.15) is 0 Å². The van der Waals surface area contributed by atoms with Gasteiger partial charge in [0.05, 0.1) is 6.61 Å². The third-order valence-electron chi connectivity index (χ3n) is 5.63. The fourth-order valence-electron chi connectivity index (χ4n) is 3.95. The fourth-order valence-corrected chi connectivity index (χ4v) is 3.95. The zero-order valence-corrected chi connectivity index (χ0v) is 19.3. The second-order valence-electron chi connectivity index (χ2n) is 9.38. The molecule has 1 aromatic rings. The van der Waals surface area contributed by atoms with Crippen molar-refractivity contribution < 1.29 is 29.0 Å². The number of alkyl carbamates (subject to hydrolysis) is 1. The molecule has 0 radical (unpaired) electrons. The van der Waals surface area contributed by atoms with E-state index in [0.29, 0.717) is 18.7 Å². The number of carbonyl (C=O) groups excluding carboxylic acids is 4. The minimum atomic E-state index is -0.780.